The number of benzene rings is 2. The minimum Gasteiger partial charge on any atom is -0.290 e. The van der Waals surface area contributed by atoms with E-state index < -0.39 is 0 Å². The van der Waals surface area contributed by atoms with Crippen molar-refractivity contribution < 1.29 is 9.18 Å². The van der Waals surface area contributed by atoms with Crippen LogP contribution in [-0.2, 0) is 11.3 Å². The summed E-state index contributed by atoms with van der Waals surface area (Å²) < 4.78 is 13.3. The molecule has 4 rings (SSSR count). The van der Waals surface area contributed by atoms with Gasteiger partial charge in [0, 0.05) is 24.9 Å². The Balaban J connectivity index is 1.54. The second-order valence-corrected chi connectivity index (χ2v) is 8.76. The smallest absolute Gasteiger partial charge is 0.230 e. The molecule has 30 heavy (non-hydrogen) atoms. The monoisotopic (exact) mass is 423 g/mol. The summed E-state index contributed by atoms with van der Waals surface area (Å²) in [5.74, 6) is -0.257. The number of thiazole rings is 1. The number of nitrogens with zero attached hydrogens (tertiary/aromatic N) is 3. The fraction of sp³-hybridized carbons (Fsp3) is 0.333. The van der Waals surface area contributed by atoms with Gasteiger partial charge in [0.1, 0.15) is 5.82 Å². The molecule has 1 aliphatic heterocycles. The third-order valence-corrected chi connectivity index (χ3v) is 6.65. The summed E-state index contributed by atoms with van der Waals surface area (Å²) in [5.41, 5.74) is 5.29. The van der Waals surface area contributed by atoms with Crippen molar-refractivity contribution in [2.75, 3.05) is 11.4 Å². The zero-order chi connectivity index (χ0) is 21.3. The maximum Gasteiger partial charge on any atom is 0.230 e. The van der Waals surface area contributed by atoms with Gasteiger partial charge in [-0.3, -0.25) is 14.6 Å². The van der Waals surface area contributed by atoms with Crippen LogP contribution in [0.15, 0.2) is 47.8 Å². The Bertz CT molecular complexity index is 1050. The molecule has 1 amide bonds. The molecule has 0 spiro atoms. The summed E-state index contributed by atoms with van der Waals surface area (Å²) in [4.78, 5) is 21.3. The standard InChI is InChI=1S/C24H26FN3OS/c1-16-6-11-22(13-17(16)2)28(18(3)29)24-26-21(15-30-24)14-27-12-4-5-23(27)19-7-9-20(25)10-8-19/h6-11,13,15,23H,4-5,12,14H2,1-3H3. The minimum atomic E-state index is -0.205. The predicted molar refractivity (Wildman–Crippen MR) is 120 cm³/mol. The zero-order valence-corrected chi connectivity index (χ0v) is 18.4. The van der Waals surface area contributed by atoms with Crippen LogP contribution in [0.3, 0.4) is 0 Å². The molecule has 4 nitrogen and oxygen atoms in total. The average molecular weight is 424 g/mol. The summed E-state index contributed by atoms with van der Waals surface area (Å²) in [6.07, 6.45) is 2.17. The molecule has 1 aliphatic rings. The highest BCUT2D eigenvalue weighted by Gasteiger charge is 2.27. The number of carbonyl (C=O) groups excluding carboxylic acids is 1. The van der Waals surface area contributed by atoms with Crippen molar-refractivity contribution >= 4 is 28.1 Å². The number of aromatic nitrogens is 1. The lowest BCUT2D eigenvalue weighted by atomic mass is 10.0. The Morgan fingerprint density at radius 3 is 2.67 bits per heavy atom. The fourth-order valence-electron chi connectivity index (χ4n) is 4.05. The highest BCUT2D eigenvalue weighted by Crippen LogP contribution is 2.35. The predicted octanol–water partition coefficient (Wildman–Crippen LogP) is 5.92. The highest BCUT2D eigenvalue weighted by molar-refractivity contribution is 7.14. The van der Waals surface area contributed by atoms with Crippen LogP contribution in [0, 0.1) is 19.7 Å². The lowest BCUT2D eigenvalue weighted by molar-refractivity contribution is -0.115. The van der Waals surface area contributed by atoms with E-state index in [1.165, 1.54) is 29.0 Å². The third kappa shape index (κ3) is 4.30. The number of aryl methyl sites for hydroxylation is 2. The Hall–Kier alpha value is -2.57. The number of hydrogen-bond donors (Lipinski definition) is 0. The summed E-state index contributed by atoms with van der Waals surface area (Å²) in [5, 5.41) is 2.73. The maximum atomic E-state index is 13.3. The first-order valence-electron chi connectivity index (χ1n) is 10.2. The Morgan fingerprint density at radius 2 is 1.97 bits per heavy atom. The van der Waals surface area contributed by atoms with Crippen molar-refractivity contribution in [1.29, 1.82) is 0 Å². The molecule has 0 bridgehead atoms. The van der Waals surface area contributed by atoms with Gasteiger partial charge in [0.2, 0.25) is 5.91 Å². The summed E-state index contributed by atoms with van der Waals surface area (Å²) in [6.45, 7) is 7.39. The molecule has 1 aromatic heterocycles. The molecule has 3 aromatic rings. The summed E-state index contributed by atoms with van der Waals surface area (Å²) in [7, 11) is 0. The molecule has 0 N–H and O–H groups in total. The zero-order valence-electron chi connectivity index (χ0n) is 17.6. The molecule has 2 aromatic carbocycles. The normalized spacial score (nSPS) is 16.7. The molecule has 0 radical (unpaired) electrons. The van der Waals surface area contributed by atoms with Gasteiger partial charge in [-0.15, -0.1) is 11.3 Å². The topological polar surface area (TPSA) is 36.4 Å². The molecular formula is C24H26FN3OS. The van der Waals surface area contributed by atoms with Crippen LogP contribution in [0.25, 0.3) is 0 Å². The van der Waals surface area contributed by atoms with Gasteiger partial charge < -0.3 is 0 Å². The SMILES string of the molecule is CC(=O)N(c1ccc(C)c(C)c1)c1nc(CN2CCCC2c2ccc(F)cc2)cs1. The second-order valence-electron chi connectivity index (χ2n) is 7.92. The molecule has 1 fully saturated rings. The van der Waals surface area contributed by atoms with E-state index in [9.17, 15) is 9.18 Å². The van der Waals surface area contributed by atoms with Crippen LogP contribution in [-0.4, -0.2) is 22.3 Å². The maximum absolute atomic E-state index is 13.3. The van der Waals surface area contributed by atoms with Crippen molar-refractivity contribution in [2.45, 2.75) is 46.2 Å². The Labute approximate surface area is 181 Å². The molecular weight excluding hydrogens is 397 g/mol. The largest absolute Gasteiger partial charge is 0.290 e. The number of rotatable bonds is 5. The van der Waals surface area contributed by atoms with E-state index in [1.807, 2.05) is 42.6 Å². The number of amides is 1. The molecule has 156 valence electrons. The first kappa shape index (κ1) is 20.7. The van der Waals surface area contributed by atoms with E-state index in [1.54, 1.807) is 11.8 Å². The van der Waals surface area contributed by atoms with Gasteiger partial charge in [-0.2, -0.15) is 0 Å². The van der Waals surface area contributed by atoms with Crippen molar-refractivity contribution in [1.82, 2.24) is 9.88 Å². The highest BCUT2D eigenvalue weighted by atomic mass is 32.1. The van der Waals surface area contributed by atoms with E-state index in [4.69, 9.17) is 4.98 Å². The third-order valence-electron chi connectivity index (χ3n) is 5.78. The summed E-state index contributed by atoms with van der Waals surface area (Å²) >= 11 is 1.49. The molecule has 2 heterocycles. The van der Waals surface area contributed by atoms with E-state index >= 15 is 0 Å². The Kier molecular flexibility index (Phi) is 5.97. The van der Waals surface area contributed by atoms with E-state index in [0.29, 0.717) is 5.13 Å². The number of likely N-dealkylation sites (tertiary alicyclic amines) is 1. The van der Waals surface area contributed by atoms with E-state index in [-0.39, 0.29) is 17.8 Å². The van der Waals surface area contributed by atoms with E-state index in [0.717, 1.165) is 48.4 Å². The lowest BCUT2D eigenvalue weighted by Crippen LogP contribution is -2.24. The number of anilines is 2. The first-order valence-corrected chi connectivity index (χ1v) is 11.1. The second kappa shape index (κ2) is 8.66. The van der Waals surface area contributed by atoms with Gasteiger partial charge in [0.25, 0.3) is 0 Å². The Morgan fingerprint density at radius 1 is 1.20 bits per heavy atom. The van der Waals surface area contributed by atoms with E-state index in [2.05, 4.69) is 11.8 Å². The molecule has 1 atom stereocenters. The molecule has 1 unspecified atom stereocenters. The fourth-order valence-corrected chi connectivity index (χ4v) is 4.93. The lowest BCUT2D eigenvalue weighted by Gasteiger charge is -2.24. The van der Waals surface area contributed by atoms with Crippen LogP contribution in [0.1, 0.15) is 48.2 Å². The first-order chi connectivity index (χ1) is 14.4. The van der Waals surface area contributed by atoms with Crippen molar-refractivity contribution in [2.24, 2.45) is 0 Å². The van der Waals surface area contributed by atoms with Crippen LogP contribution in [0.2, 0.25) is 0 Å². The van der Waals surface area contributed by atoms with Crippen LogP contribution in [0.5, 0.6) is 0 Å². The number of halogens is 1. The molecule has 6 heteroatoms. The van der Waals surface area contributed by atoms with Gasteiger partial charge >= 0.3 is 0 Å². The molecule has 1 saturated heterocycles. The quantitative estimate of drug-likeness (QED) is 0.511. The van der Waals surface area contributed by atoms with Crippen molar-refractivity contribution in [3.8, 4) is 0 Å². The average Bonchev–Trinajstić information content (AvgIpc) is 3.35. The van der Waals surface area contributed by atoms with Gasteiger partial charge in [-0.05, 0) is 74.2 Å². The summed E-state index contributed by atoms with van der Waals surface area (Å²) in [6, 6.07) is 13.1. The number of hydrogen-bond acceptors (Lipinski definition) is 4. The van der Waals surface area contributed by atoms with Crippen molar-refractivity contribution in [3.05, 3.63) is 76.0 Å². The van der Waals surface area contributed by atoms with Gasteiger partial charge in [-0.25, -0.2) is 9.37 Å². The molecule has 0 aliphatic carbocycles. The number of carbonyl (C=O) groups is 1. The molecule has 0 saturated carbocycles. The van der Waals surface area contributed by atoms with Gasteiger partial charge in [-0.1, -0.05) is 18.2 Å². The van der Waals surface area contributed by atoms with Gasteiger partial charge in [0.15, 0.2) is 5.13 Å². The van der Waals surface area contributed by atoms with Crippen LogP contribution in [0.4, 0.5) is 15.2 Å². The van der Waals surface area contributed by atoms with Crippen LogP contribution < -0.4 is 4.90 Å². The van der Waals surface area contributed by atoms with Crippen molar-refractivity contribution in [3.63, 3.8) is 0 Å². The van der Waals surface area contributed by atoms with Crippen LogP contribution >= 0.6 is 11.3 Å². The minimum absolute atomic E-state index is 0.0514. The van der Waals surface area contributed by atoms with Gasteiger partial charge in [0.05, 0.1) is 11.4 Å².